The highest BCUT2D eigenvalue weighted by molar-refractivity contribution is 9.10. The number of rotatable bonds is 6. The highest BCUT2D eigenvalue weighted by atomic mass is 79.9. The first-order valence-electron chi connectivity index (χ1n) is 7.33. The van der Waals surface area contributed by atoms with Gasteiger partial charge < -0.3 is 10.4 Å². The zero-order valence-corrected chi connectivity index (χ0v) is 15.8. The lowest BCUT2D eigenvalue weighted by molar-refractivity contribution is 0.284. The summed E-state index contributed by atoms with van der Waals surface area (Å²) in [6, 6.07) is 17.1. The lowest BCUT2D eigenvalue weighted by Crippen LogP contribution is -2.26. The molecule has 0 aliphatic rings. The van der Waals surface area contributed by atoms with Gasteiger partial charge in [0.15, 0.2) is 0 Å². The van der Waals surface area contributed by atoms with E-state index >= 15 is 0 Å². The van der Waals surface area contributed by atoms with Gasteiger partial charge in [0, 0.05) is 21.8 Å². The zero-order valence-electron chi connectivity index (χ0n) is 12.5. The Hall–Kier alpha value is -0.910. The van der Waals surface area contributed by atoms with Crippen LogP contribution in [-0.2, 0) is 6.42 Å². The van der Waals surface area contributed by atoms with E-state index in [0.29, 0.717) is 6.54 Å². The Bertz CT molecular complexity index is 747. The van der Waals surface area contributed by atoms with E-state index in [1.54, 1.807) is 11.3 Å². The van der Waals surface area contributed by atoms with E-state index in [0.717, 1.165) is 10.9 Å². The Morgan fingerprint density at radius 2 is 1.91 bits per heavy atom. The van der Waals surface area contributed by atoms with Gasteiger partial charge in [-0.1, -0.05) is 46.3 Å². The minimum absolute atomic E-state index is 0. The molecule has 0 fully saturated rings. The standard InChI is InChI=1S/C18H18BrNOS.ClH/c19-15-6-7-18-16(11-15)14(12-22-18)10-17(20-8-9-21)13-4-2-1-3-5-13;/h1-7,11-12,17,20-21H,8-10H2;1H. The molecule has 0 aliphatic carbocycles. The maximum Gasteiger partial charge on any atom is 0.0556 e. The van der Waals surface area contributed by atoms with Crippen LogP contribution in [0.25, 0.3) is 10.1 Å². The fraction of sp³-hybridized carbons (Fsp3) is 0.222. The van der Waals surface area contributed by atoms with Gasteiger partial charge in [-0.3, -0.25) is 0 Å². The lowest BCUT2D eigenvalue weighted by atomic mass is 9.98. The summed E-state index contributed by atoms with van der Waals surface area (Å²) in [6.45, 7) is 0.755. The molecule has 1 aromatic heterocycles. The molecule has 1 heterocycles. The SMILES string of the molecule is Cl.OCCNC(Cc1csc2ccc(Br)cc12)c1ccccc1. The monoisotopic (exact) mass is 411 g/mol. The molecule has 2 N–H and O–H groups in total. The van der Waals surface area contributed by atoms with Crippen LogP contribution >= 0.6 is 39.7 Å². The summed E-state index contributed by atoms with van der Waals surface area (Å²) in [5.74, 6) is 0. The molecule has 5 heteroatoms. The van der Waals surface area contributed by atoms with Crippen molar-refractivity contribution in [2.45, 2.75) is 12.5 Å². The number of nitrogens with one attached hydrogen (secondary N) is 1. The average Bonchev–Trinajstić information content (AvgIpc) is 2.94. The number of hydrogen-bond donors (Lipinski definition) is 2. The molecule has 0 radical (unpaired) electrons. The second-order valence-electron chi connectivity index (χ2n) is 5.25. The van der Waals surface area contributed by atoms with Crippen molar-refractivity contribution in [2.24, 2.45) is 0 Å². The maximum absolute atomic E-state index is 9.13. The first kappa shape index (κ1) is 18.4. The van der Waals surface area contributed by atoms with Gasteiger partial charge in [0.05, 0.1) is 6.61 Å². The fourth-order valence-electron chi connectivity index (χ4n) is 2.66. The first-order valence-corrected chi connectivity index (χ1v) is 9.00. The molecule has 1 atom stereocenters. The van der Waals surface area contributed by atoms with Gasteiger partial charge >= 0.3 is 0 Å². The van der Waals surface area contributed by atoms with Crippen LogP contribution in [0, 0.1) is 0 Å². The molecule has 0 bridgehead atoms. The number of aliphatic hydroxyl groups excluding tert-OH is 1. The maximum atomic E-state index is 9.13. The van der Waals surface area contributed by atoms with Gasteiger partial charge in [-0.25, -0.2) is 0 Å². The summed E-state index contributed by atoms with van der Waals surface area (Å²) in [4.78, 5) is 0. The molecule has 0 saturated carbocycles. The topological polar surface area (TPSA) is 32.3 Å². The van der Waals surface area contributed by atoms with Crippen molar-refractivity contribution in [3.63, 3.8) is 0 Å². The molecular weight excluding hydrogens is 394 g/mol. The van der Waals surface area contributed by atoms with Gasteiger partial charge in [0.1, 0.15) is 0 Å². The van der Waals surface area contributed by atoms with Crippen molar-refractivity contribution in [3.8, 4) is 0 Å². The van der Waals surface area contributed by atoms with Crippen molar-refractivity contribution in [1.29, 1.82) is 0 Å². The number of benzene rings is 2. The Balaban J connectivity index is 0.00000192. The highest BCUT2D eigenvalue weighted by Crippen LogP contribution is 2.31. The molecule has 3 aromatic rings. The van der Waals surface area contributed by atoms with Crippen LogP contribution in [0.2, 0.25) is 0 Å². The molecule has 0 spiro atoms. The number of hydrogen-bond acceptors (Lipinski definition) is 3. The minimum Gasteiger partial charge on any atom is -0.395 e. The van der Waals surface area contributed by atoms with Gasteiger partial charge in [0.2, 0.25) is 0 Å². The Labute approximate surface area is 155 Å². The van der Waals surface area contributed by atoms with E-state index in [2.05, 4.69) is 69.1 Å². The minimum atomic E-state index is 0. The molecule has 122 valence electrons. The summed E-state index contributed by atoms with van der Waals surface area (Å²) >= 11 is 5.35. The fourth-order valence-corrected chi connectivity index (χ4v) is 3.98. The number of fused-ring (bicyclic) bond motifs is 1. The summed E-state index contributed by atoms with van der Waals surface area (Å²) < 4.78 is 2.42. The smallest absolute Gasteiger partial charge is 0.0556 e. The van der Waals surface area contributed by atoms with Crippen LogP contribution in [0.15, 0.2) is 58.4 Å². The molecule has 0 saturated heterocycles. The molecule has 23 heavy (non-hydrogen) atoms. The van der Waals surface area contributed by atoms with Crippen molar-refractivity contribution in [3.05, 3.63) is 69.5 Å². The molecule has 2 nitrogen and oxygen atoms in total. The largest absolute Gasteiger partial charge is 0.395 e. The van der Waals surface area contributed by atoms with Gasteiger partial charge in [-0.05, 0) is 46.5 Å². The Kier molecular flexibility index (Phi) is 7.06. The van der Waals surface area contributed by atoms with E-state index in [9.17, 15) is 0 Å². The summed E-state index contributed by atoms with van der Waals surface area (Å²) in [6.07, 6.45) is 0.917. The molecule has 1 unspecified atom stereocenters. The summed E-state index contributed by atoms with van der Waals surface area (Å²) in [7, 11) is 0. The van der Waals surface area contributed by atoms with Gasteiger partial charge in [-0.15, -0.1) is 23.7 Å². The Morgan fingerprint density at radius 1 is 1.13 bits per heavy atom. The van der Waals surface area contributed by atoms with Crippen molar-refractivity contribution >= 4 is 49.8 Å². The van der Waals surface area contributed by atoms with E-state index in [1.807, 2.05) is 6.07 Å². The second kappa shape index (κ2) is 8.81. The second-order valence-corrected chi connectivity index (χ2v) is 7.07. The van der Waals surface area contributed by atoms with Crippen LogP contribution in [0.4, 0.5) is 0 Å². The number of aliphatic hydroxyl groups is 1. The van der Waals surface area contributed by atoms with E-state index in [1.165, 1.54) is 21.2 Å². The predicted molar refractivity (Wildman–Crippen MR) is 105 cm³/mol. The van der Waals surface area contributed by atoms with Gasteiger partial charge in [-0.2, -0.15) is 0 Å². The van der Waals surface area contributed by atoms with Crippen molar-refractivity contribution < 1.29 is 5.11 Å². The number of halogens is 2. The third kappa shape index (κ3) is 4.55. The summed E-state index contributed by atoms with van der Waals surface area (Å²) in [5, 5.41) is 16.1. The van der Waals surface area contributed by atoms with Crippen LogP contribution in [-0.4, -0.2) is 18.3 Å². The number of thiophene rings is 1. The van der Waals surface area contributed by atoms with Crippen molar-refractivity contribution in [1.82, 2.24) is 5.32 Å². The van der Waals surface area contributed by atoms with E-state index in [4.69, 9.17) is 5.11 Å². The molecule has 3 rings (SSSR count). The molecule has 2 aromatic carbocycles. The van der Waals surface area contributed by atoms with Crippen LogP contribution in [0.5, 0.6) is 0 Å². The van der Waals surface area contributed by atoms with Crippen LogP contribution < -0.4 is 5.32 Å². The quantitative estimate of drug-likeness (QED) is 0.600. The average molecular weight is 413 g/mol. The predicted octanol–water partition coefficient (Wildman–Crippen LogP) is 4.95. The summed E-state index contributed by atoms with van der Waals surface area (Å²) in [5.41, 5.74) is 2.60. The van der Waals surface area contributed by atoms with Gasteiger partial charge in [0.25, 0.3) is 0 Å². The highest BCUT2D eigenvalue weighted by Gasteiger charge is 2.14. The third-order valence-electron chi connectivity index (χ3n) is 3.74. The molecular formula is C18H19BrClNOS. The molecule has 0 aliphatic heterocycles. The normalized spacial score (nSPS) is 12.1. The third-order valence-corrected chi connectivity index (χ3v) is 5.25. The van der Waals surface area contributed by atoms with Crippen LogP contribution in [0.1, 0.15) is 17.2 Å². The van der Waals surface area contributed by atoms with E-state index in [-0.39, 0.29) is 25.1 Å². The molecule has 0 amide bonds. The van der Waals surface area contributed by atoms with Crippen LogP contribution in [0.3, 0.4) is 0 Å². The zero-order chi connectivity index (χ0) is 15.4. The first-order chi connectivity index (χ1) is 10.8. The lowest BCUT2D eigenvalue weighted by Gasteiger charge is -2.18. The van der Waals surface area contributed by atoms with Crippen molar-refractivity contribution in [2.75, 3.05) is 13.2 Å². The van der Waals surface area contributed by atoms with E-state index < -0.39 is 0 Å². The Morgan fingerprint density at radius 3 is 2.65 bits per heavy atom.